The number of ether oxygens (including phenoxy) is 1. The molecule has 0 unspecified atom stereocenters. The van der Waals surface area contributed by atoms with E-state index in [-0.39, 0.29) is 11.0 Å². The molecule has 1 fully saturated rings. The number of rotatable bonds is 6. The topological polar surface area (TPSA) is 122 Å². The van der Waals surface area contributed by atoms with Gasteiger partial charge in [0.1, 0.15) is 16.5 Å². The highest BCUT2D eigenvalue weighted by molar-refractivity contribution is 7.90. The van der Waals surface area contributed by atoms with E-state index in [9.17, 15) is 13.5 Å². The molecule has 0 saturated carbocycles. The molecule has 0 atom stereocenters. The Kier molecular flexibility index (Phi) is 6.09. The number of anilines is 3. The molecule has 0 radical (unpaired) electrons. The first-order valence-electron chi connectivity index (χ1n) is 12.3. The molecule has 194 valence electrons. The van der Waals surface area contributed by atoms with Crippen molar-refractivity contribution in [1.29, 1.82) is 0 Å². The minimum absolute atomic E-state index is 0.0782. The number of methoxy groups -OCH3 is 1. The summed E-state index contributed by atoms with van der Waals surface area (Å²) in [6, 6.07) is 16.1. The predicted octanol–water partition coefficient (Wildman–Crippen LogP) is 3.93. The minimum Gasteiger partial charge on any atom is -0.494 e. The number of benzene rings is 2. The number of fused-ring (bicyclic) bond motifs is 2. The molecule has 1 saturated heterocycles. The zero-order valence-corrected chi connectivity index (χ0v) is 21.5. The molecular formula is C27H26N6O4S. The van der Waals surface area contributed by atoms with E-state index in [4.69, 9.17) is 4.74 Å². The first-order valence-corrected chi connectivity index (χ1v) is 13.7. The van der Waals surface area contributed by atoms with Gasteiger partial charge >= 0.3 is 0 Å². The highest BCUT2D eigenvalue weighted by Crippen LogP contribution is 2.34. The van der Waals surface area contributed by atoms with Crippen molar-refractivity contribution in [3.8, 4) is 5.75 Å². The van der Waals surface area contributed by atoms with E-state index in [0.717, 1.165) is 41.1 Å². The van der Waals surface area contributed by atoms with Gasteiger partial charge in [-0.15, -0.1) is 0 Å². The van der Waals surface area contributed by atoms with Crippen molar-refractivity contribution in [2.45, 2.75) is 23.8 Å². The Morgan fingerprint density at radius 1 is 1.00 bits per heavy atom. The summed E-state index contributed by atoms with van der Waals surface area (Å²) in [5.41, 5.74) is 2.47. The first kappa shape index (κ1) is 24.1. The van der Waals surface area contributed by atoms with E-state index in [1.807, 2.05) is 30.3 Å². The zero-order chi connectivity index (χ0) is 26.3. The van der Waals surface area contributed by atoms with Crippen LogP contribution in [0.3, 0.4) is 0 Å². The molecule has 0 aliphatic carbocycles. The summed E-state index contributed by atoms with van der Waals surface area (Å²) >= 11 is 0. The van der Waals surface area contributed by atoms with Gasteiger partial charge in [-0.1, -0.05) is 18.2 Å². The molecule has 1 aliphatic rings. The third-order valence-electron chi connectivity index (χ3n) is 6.80. The lowest BCUT2D eigenvalue weighted by molar-refractivity contribution is 0.145. The van der Waals surface area contributed by atoms with Crippen LogP contribution in [0, 0.1) is 0 Å². The van der Waals surface area contributed by atoms with Crippen LogP contribution in [0.1, 0.15) is 12.8 Å². The fourth-order valence-electron chi connectivity index (χ4n) is 4.78. The van der Waals surface area contributed by atoms with Gasteiger partial charge < -0.3 is 20.1 Å². The Bertz CT molecular complexity index is 1740. The maximum Gasteiger partial charge on any atom is 0.285 e. The predicted molar refractivity (Wildman–Crippen MR) is 146 cm³/mol. The zero-order valence-electron chi connectivity index (χ0n) is 20.7. The number of aliphatic hydroxyl groups is 1. The summed E-state index contributed by atoms with van der Waals surface area (Å²) in [6.45, 7) is 1.56. The van der Waals surface area contributed by atoms with Crippen LogP contribution in [0.15, 0.2) is 78.1 Å². The molecule has 0 bridgehead atoms. The Morgan fingerprint density at radius 3 is 2.63 bits per heavy atom. The number of para-hydroxylation sites is 1. The summed E-state index contributed by atoms with van der Waals surface area (Å²) in [5, 5.41) is 18.6. The van der Waals surface area contributed by atoms with Crippen LogP contribution < -0.4 is 15.0 Å². The number of nitrogens with one attached hydrogen (secondary N) is 1. The van der Waals surface area contributed by atoms with Crippen LogP contribution in [-0.2, 0) is 10.0 Å². The second-order valence-corrected chi connectivity index (χ2v) is 10.9. The Morgan fingerprint density at radius 2 is 1.82 bits per heavy atom. The van der Waals surface area contributed by atoms with Crippen LogP contribution in [0.5, 0.6) is 5.75 Å². The second kappa shape index (κ2) is 9.58. The number of aliphatic hydroxyl groups excluding tert-OH is 1. The van der Waals surface area contributed by atoms with Gasteiger partial charge in [-0.25, -0.2) is 4.98 Å². The average molecular weight is 531 g/mol. The molecule has 2 aromatic carbocycles. The van der Waals surface area contributed by atoms with Gasteiger partial charge in [0.2, 0.25) is 0 Å². The maximum absolute atomic E-state index is 13.7. The molecular weight excluding hydrogens is 504 g/mol. The lowest BCUT2D eigenvalue weighted by Gasteiger charge is -2.31. The van der Waals surface area contributed by atoms with E-state index < -0.39 is 10.0 Å². The minimum atomic E-state index is -4.03. The summed E-state index contributed by atoms with van der Waals surface area (Å²) in [6.07, 6.45) is 5.85. The van der Waals surface area contributed by atoms with E-state index in [2.05, 4.69) is 25.3 Å². The number of piperidine rings is 1. The van der Waals surface area contributed by atoms with Crippen molar-refractivity contribution in [2.75, 3.05) is 30.4 Å². The first-order chi connectivity index (χ1) is 18.4. The van der Waals surface area contributed by atoms with E-state index in [1.165, 1.54) is 12.3 Å². The Balaban J connectivity index is 1.34. The molecule has 1 aliphatic heterocycles. The van der Waals surface area contributed by atoms with E-state index in [0.29, 0.717) is 33.7 Å². The molecule has 6 rings (SSSR count). The van der Waals surface area contributed by atoms with Gasteiger partial charge in [-0.3, -0.25) is 4.98 Å². The molecule has 0 amide bonds. The highest BCUT2D eigenvalue weighted by atomic mass is 32.2. The molecule has 4 heterocycles. The monoisotopic (exact) mass is 530 g/mol. The van der Waals surface area contributed by atoms with Gasteiger partial charge in [-0.05, 0) is 37.1 Å². The number of aromatic nitrogens is 4. The number of hydrogen-bond acceptors (Lipinski definition) is 9. The van der Waals surface area contributed by atoms with Crippen molar-refractivity contribution < 1.29 is 18.3 Å². The third kappa shape index (κ3) is 4.29. The van der Waals surface area contributed by atoms with Crippen LogP contribution in [0.4, 0.5) is 17.2 Å². The molecule has 3 aromatic heterocycles. The maximum atomic E-state index is 13.7. The summed E-state index contributed by atoms with van der Waals surface area (Å²) < 4.78 is 34.0. The number of pyridine rings is 2. The average Bonchev–Trinajstić information content (AvgIpc) is 3.38. The second-order valence-electron chi connectivity index (χ2n) is 9.18. The summed E-state index contributed by atoms with van der Waals surface area (Å²) in [4.78, 5) is 11.0. The number of hydrogen-bond donors (Lipinski definition) is 2. The number of nitrogens with zero attached hydrogens (tertiary/aromatic N) is 5. The summed E-state index contributed by atoms with van der Waals surface area (Å²) in [7, 11) is -2.44. The SMILES string of the molecule is COc1cc(N2CCC(O)CC2)ccc1Nc1cc2c(cn1)cnn2S(=O)(=O)c1cccc2cccnc12. The van der Waals surface area contributed by atoms with Gasteiger partial charge in [-0.2, -0.15) is 17.6 Å². The van der Waals surface area contributed by atoms with Crippen LogP contribution in [-0.4, -0.2) is 59.0 Å². The van der Waals surface area contributed by atoms with Gasteiger partial charge in [0.25, 0.3) is 10.0 Å². The van der Waals surface area contributed by atoms with Gasteiger partial charge in [0.05, 0.1) is 36.1 Å². The smallest absolute Gasteiger partial charge is 0.285 e. The molecule has 5 aromatic rings. The van der Waals surface area contributed by atoms with Crippen molar-refractivity contribution in [1.82, 2.24) is 19.2 Å². The van der Waals surface area contributed by atoms with Crippen molar-refractivity contribution in [3.05, 3.63) is 73.2 Å². The molecule has 2 N–H and O–H groups in total. The molecule has 38 heavy (non-hydrogen) atoms. The standard InChI is InChI=1S/C27H26N6O4S/c1-37-24-14-20(32-12-9-21(34)10-13-32)7-8-22(24)31-26-15-23-19(16-29-26)17-30-33(23)38(35,36)25-6-2-4-18-5-3-11-28-27(18)25/h2-8,11,14-17,21,34H,9-10,12-13H2,1H3,(H,29,31). The Hall–Kier alpha value is -4.22. The lowest BCUT2D eigenvalue weighted by atomic mass is 10.1. The van der Waals surface area contributed by atoms with Crippen molar-refractivity contribution in [2.24, 2.45) is 0 Å². The van der Waals surface area contributed by atoms with Crippen LogP contribution in [0.2, 0.25) is 0 Å². The fraction of sp³-hybridized carbons (Fsp3) is 0.222. The van der Waals surface area contributed by atoms with Crippen LogP contribution in [0.25, 0.3) is 21.8 Å². The third-order valence-corrected chi connectivity index (χ3v) is 8.43. The van der Waals surface area contributed by atoms with Gasteiger partial charge in [0.15, 0.2) is 0 Å². The van der Waals surface area contributed by atoms with Gasteiger partial charge in [0, 0.05) is 54.1 Å². The fourth-order valence-corrected chi connectivity index (χ4v) is 6.22. The quantitative estimate of drug-likeness (QED) is 0.336. The highest BCUT2D eigenvalue weighted by Gasteiger charge is 2.24. The lowest BCUT2D eigenvalue weighted by Crippen LogP contribution is -2.35. The van der Waals surface area contributed by atoms with Crippen molar-refractivity contribution in [3.63, 3.8) is 0 Å². The molecule has 0 spiro atoms. The molecule has 10 nitrogen and oxygen atoms in total. The van der Waals surface area contributed by atoms with Crippen LogP contribution >= 0.6 is 0 Å². The molecule has 11 heteroatoms. The van der Waals surface area contributed by atoms with Crippen molar-refractivity contribution >= 4 is 49.0 Å². The van der Waals surface area contributed by atoms with E-state index >= 15 is 0 Å². The summed E-state index contributed by atoms with van der Waals surface area (Å²) in [5.74, 6) is 1.07. The Labute approximate surface area is 219 Å². The van der Waals surface area contributed by atoms with E-state index in [1.54, 1.807) is 37.7 Å². The normalized spacial score (nSPS) is 14.7. The largest absolute Gasteiger partial charge is 0.494 e.